The highest BCUT2D eigenvalue weighted by Gasteiger charge is 2.22. The van der Waals surface area contributed by atoms with Crippen molar-refractivity contribution in [2.24, 2.45) is 0 Å². The van der Waals surface area contributed by atoms with E-state index >= 15 is 0 Å². The summed E-state index contributed by atoms with van der Waals surface area (Å²) in [6.45, 7) is 6.35. The molecule has 2 aromatic rings. The molecule has 0 bridgehead atoms. The van der Waals surface area contributed by atoms with Crippen LogP contribution in [0.3, 0.4) is 0 Å². The summed E-state index contributed by atoms with van der Waals surface area (Å²) < 4.78 is 26.0. The van der Waals surface area contributed by atoms with Crippen LogP contribution >= 0.6 is 0 Å². The van der Waals surface area contributed by atoms with Crippen LogP contribution in [-0.2, 0) is 14.8 Å². The van der Waals surface area contributed by atoms with Crippen LogP contribution in [-0.4, -0.2) is 33.7 Å². The van der Waals surface area contributed by atoms with E-state index < -0.39 is 10.0 Å². The number of anilines is 2. The van der Waals surface area contributed by atoms with Crippen molar-refractivity contribution in [1.82, 2.24) is 0 Å². The fraction of sp³-hybridized carbons (Fsp3) is 0.350. The highest BCUT2D eigenvalue weighted by Crippen LogP contribution is 2.24. The zero-order valence-electron chi connectivity index (χ0n) is 15.8. The van der Waals surface area contributed by atoms with Gasteiger partial charge in [0.1, 0.15) is 0 Å². The van der Waals surface area contributed by atoms with Gasteiger partial charge in [0.05, 0.1) is 11.9 Å². The van der Waals surface area contributed by atoms with Gasteiger partial charge in [-0.2, -0.15) is 0 Å². The number of hydrogen-bond donors (Lipinski definition) is 0. The Bertz CT molecular complexity index is 864. The molecule has 0 unspecified atom stereocenters. The minimum atomic E-state index is -3.49. The Morgan fingerprint density at radius 1 is 1.04 bits per heavy atom. The third-order valence-corrected chi connectivity index (χ3v) is 5.43. The molecule has 0 fully saturated rings. The van der Waals surface area contributed by atoms with E-state index in [9.17, 15) is 13.2 Å². The monoisotopic (exact) mass is 374 g/mol. The molecule has 140 valence electrons. The number of sulfonamides is 1. The van der Waals surface area contributed by atoms with Gasteiger partial charge in [-0.05, 0) is 50.1 Å². The Kier molecular flexibility index (Phi) is 6.42. The standard InChI is InChI=1S/C20H26N2O3S/c1-5-21(18-9-7-6-8-10-18)20(23)13-14-22(26(4,24)25)19-15-16(2)11-12-17(19)3/h6-12,15H,5,13-14H2,1-4H3. The van der Waals surface area contributed by atoms with Gasteiger partial charge in [0.15, 0.2) is 0 Å². The van der Waals surface area contributed by atoms with Crippen LogP contribution in [0.4, 0.5) is 11.4 Å². The molecule has 2 rings (SSSR count). The summed E-state index contributed by atoms with van der Waals surface area (Å²) in [4.78, 5) is 14.4. The second-order valence-electron chi connectivity index (χ2n) is 6.35. The lowest BCUT2D eigenvalue weighted by atomic mass is 10.1. The first-order valence-corrected chi connectivity index (χ1v) is 10.5. The number of benzene rings is 2. The van der Waals surface area contributed by atoms with Crippen LogP contribution in [0.1, 0.15) is 24.5 Å². The maximum Gasteiger partial charge on any atom is 0.232 e. The van der Waals surface area contributed by atoms with Crippen molar-refractivity contribution in [3.05, 3.63) is 59.7 Å². The molecule has 26 heavy (non-hydrogen) atoms. The Hall–Kier alpha value is -2.34. The number of carbonyl (C=O) groups is 1. The highest BCUT2D eigenvalue weighted by atomic mass is 32.2. The average Bonchev–Trinajstić information content (AvgIpc) is 2.58. The molecule has 2 aromatic carbocycles. The van der Waals surface area contributed by atoms with Crippen LogP contribution in [0.25, 0.3) is 0 Å². The molecular weight excluding hydrogens is 348 g/mol. The Morgan fingerprint density at radius 3 is 2.27 bits per heavy atom. The van der Waals surface area contributed by atoms with Crippen LogP contribution in [0.2, 0.25) is 0 Å². The summed E-state index contributed by atoms with van der Waals surface area (Å²) >= 11 is 0. The van der Waals surface area contributed by atoms with Crippen LogP contribution in [0.15, 0.2) is 48.5 Å². The van der Waals surface area contributed by atoms with Gasteiger partial charge in [-0.15, -0.1) is 0 Å². The van der Waals surface area contributed by atoms with Crippen LogP contribution in [0, 0.1) is 13.8 Å². The first-order chi connectivity index (χ1) is 12.2. The van der Waals surface area contributed by atoms with E-state index in [2.05, 4.69) is 0 Å². The van der Waals surface area contributed by atoms with E-state index in [0.29, 0.717) is 12.2 Å². The normalized spacial score (nSPS) is 11.2. The van der Waals surface area contributed by atoms with Crippen LogP contribution in [0.5, 0.6) is 0 Å². The molecule has 0 aliphatic heterocycles. The Labute approximate surface area is 156 Å². The second-order valence-corrected chi connectivity index (χ2v) is 8.26. The maximum absolute atomic E-state index is 12.7. The molecule has 0 N–H and O–H groups in total. The van der Waals surface area contributed by atoms with E-state index in [1.54, 1.807) is 4.90 Å². The van der Waals surface area contributed by atoms with Crippen molar-refractivity contribution in [2.45, 2.75) is 27.2 Å². The van der Waals surface area contributed by atoms with Crippen molar-refractivity contribution in [3.8, 4) is 0 Å². The number of hydrogen-bond acceptors (Lipinski definition) is 3. The molecule has 0 saturated carbocycles. The second kappa shape index (κ2) is 8.36. The van der Waals surface area contributed by atoms with E-state index in [1.807, 2.05) is 69.3 Å². The van der Waals surface area contributed by atoms with Crippen molar-refractivity contribution >= 4 is 27.3 Å². The third kappa shape index (κ3) is 4.85. The molecule has 0 spiro atoms. The third-order valence-electron chi connectivity index (χ3n) is 4.25. The van der Waals surface area contributed by atoms with Gasteiger partial charge in [-0.1, -0.05) is 30.3 Å². The van der Waals surface area contributed by atoms with Crippen molar-refractivity contribution in [2.75, 3.05) is 28.6 Å². The molecule has 6 heteroatoms. The van der Waals surface area contributed by atoms with Crippen molar-refractivity contribution in [1.29, 1.82) is 0 Å². The fourth-order valence-electron chi connectivity index (χ4n) is 2.90. The molecule has 0 aliphatic rings. The lowest BCUT2D eigenvalue weighted by Gasteiger charge is -2.26. The molecule has 0 heterocycles. The van der Waals surface area contributed by atoms with Gasteiger partial charge in [0.2, 0.25) is 15.9 Å². The lowest BCUT2D eigenvalue weighted by molar-refractivity contribution is -0.118. The number of para-hydroxylation sites is 1. The van der Waals surface area contributed by atoms with Crippen molar-refractivity contribution < 1.29 is 13.2 Å². The minimum Gasteiger partial charge on any atom is -0.313 e. The zero-order chi connectivity index (χ0) is 19.3. The van der Waals surface area contributed by atoms with E-state index in [0.717, 1.165) is 16.8 Å². The average molecular weight is 375 g/mol. The summed E-state index contributed by atoms with van der Waals surface area (Å²) in [6.07, 6.45) is 1.29. The topological polar surface area (TPSA) is 57.7 Å². The number of carbonyl (C=O) groups excluding carboxylic acids is 1. The van der Waals surface area contributed by atoms with E-state index in [4.69, 9.17) is 0 Å². The fourth-order valence-corrected chi connectivity index (χ4v) is 3.87. The van der Waals surface area contributed by atoms with Gasteiger partial charge in [0.25, 0.3) is 0 Å². The Balaban J connectivity index is 2.22. The minimum absolute atomic E-state index is 0.0994. The predicted molar refractivity (Wildman–Crippen MR) is 107 cm³/mol. The molecule has 0 radical (unpaired) electrons. The predicted octanol–water partition coefficient (Wildman–Crippen LogP) is 3.51. The highest BCUT2D eigenvalue weighted by molar-refractivity contribution is 7.92. The molecule has 0 saturated heterocycles. The van der Waals surface area contributed by atoms with E-state index in [-0.39, 0.29) is 18.9 Å². The van der Waals surface area contributed by atoms with Gasteiger partial charge in [-0.3, -0.25) is 9.10 Å². The lowest BCUT2D eigenvalue weighted by Crippen LogP contribution is -2.37. The first kappa shape index (κ1) is 20.0. The SMILES string of the molecule is CCN(C(=O)CCN(c1cc(C)ccc1C)S(C)(=O)=O)c1ccccc1. The Morgan fingerprint density at radius 2 is 1.69 bits per heavy atom. The molecule has 0 aliphatic carbocycles. The van der Waals surface area contributed by atoms with Gasteiger partial charge >= 0.3 is 0 Å². The quantitative estimate of drug-likeness (QED) is 0.745. The molecule has 0 aromatic heterocycles. The zero-order valence-corrected chi connectivity index (χ0v) is 16.6. The molecular formula is C20H26N2O3S. The maximum atomic E-state index is 12.7. The van der Waals surface area contributed by atoms with E-state index in [1.165, 1.54) is 10.6 Å². The first-order valence-electron chi connectivity index (χ1n) is 8.64. The summed E-state index contributed by atoms with van der Waals surface area (Å²) in [5, 5.41) is 0. The summed E-state index contributed by atoms with van der Waals surface area (Å²) in [5.41, 5.74) is 3.29. The van der Waals surface area contributed by atoms with Gasteiger partial charge < -0.3 is 4.90 Å². The molecule has 5 nitrogen and oxygen atoms in total. The van der Waals surface area contributed by atoms with Gasteiger partial charge in [-0.25, -0.2) is 8.42 Å². The van der Waals surface area contributed by atoms with Gasteiger partial charge in [0, 0.05) is 25.2 Å². The molecule has 1 amide bonds. The summed E-state index contributed by atoms with van der Waals surface area (Å²) in [5.74, 6) is -0.0994. The number of nitrogens with zero attached hydrogens (tertiary/aromatic N) is 2. The number of amides is 1. The smallest absolute Gasteiger partial charge is 0.232 e. The number of aryl methyl sites for hydroxylation is 2. The summed E-state index contributed by atoms with van der Waals surface area (Å²) in [7, 11) is -3.49. The van der Waals surface area contributed by atoms with Crippen LogP contribution < -0.4 is 9.21 Å². The number of rotatable bonds is 7. The largest absolute Gasteiger partial charge is 0.313 e. The summed E-state index contributed by atoms with van der Waals surface area (Å²) in [6, 6.07) is 15.1. The van der Waals surface area contributed by atoms with Crippen molar-refractivity contribution in [3.63, 3.8) is 0 Å². The molecule has 0 atom stereocenters.